The van der Waals surface area contributed by atoms with Crippen molar-refractivity contribution in [2.24, 2.45) is 0 Å². The molecule has 0 saturated heterocycles. The summed E-state index contributed by atoms with van der Waals surface area (Å²) in [6, 6.07) is 10.6. The van der Waals surface area contributed by atoms with Gasteiger partial charge in [0.05, 0.1) is 5.02 Å². The Bertz CT molecular complexity index is 579. The van der Waals surface area contributed by atoms with E-state index in [1.807, 2.05) is 0 Å². The molecule has 0 atom stereocenters. The zero-order valence-corrected chi connectivity index (χ0v) is 10.8. The van der Waals surface area contributed by atoms with E-state index < -0.39 is 0 Å². The lowest BCUT2D eigenvalue weighted by atomic mass is 10.0. The summed E-state index contributed by atoms with van der Waals surface area (Å²) in [4.78, 5) is 12.0. The van der Waals surface area contributed by atoms with Crippen LogP contribution < -0.4 is 0 Å². The molecule has 0 heterocycles. The largest absolute Gasteiger partial charge is 0.294 e. The van der Waals surface area contributed by atoms with Gasteiger partial charge in [-0.2, -0.15) is 0 Å². The fraction of sp³-hybridized carbons (Fsp3) is 0.0714. The predicted molar refractivity (Wildman–Crippen MR) is 70.9 cm³/mol. The molecule has 0 saturated carbocycles. The van der Waals surface area contributed by atoms with Gasteiger partial charge in [0.25, 0.3) is 0 Å². The molecular formula is C14H9Cl2FO. The van der Waals surface area contributed by atoms with Gasteiger partial charge in [-0.25, -0.2) is 4.39 Å². The Hall–Kier alpha value is -1.38. The summed E-state index contributed by atoms with van der Waals surface area (Å²) in [5.41, 5.74) is 1.16. The van der Waals surface area contributed by atoms with Crippen LogP contribution in [0.1, 0.15) is 15.9 Å². The molecule has 0 radical (unpaired) electrons. The van der Waals surface area contributed by atoms with Gasteiger partial charge >= 0.3 is 0 Å². The Kier molecular flexibility index (Phi) is 4.00. The van der Waals surface area contributed by atoms with Gasteiger partial charge in [0.15, 0.2) is 5.78 Å². The second kappa shape index (κ2) is 5.51. The first-order valence-electron chi connectivity index (χ1n) is 5.29. The molecule has 0 N–H and O–H groups in total. The molecule has 0 aliphatic rings. The van der Waals surface area contributed by atoms with Gasteiger partial charge in [-0.3, -0.25) is 4.79 Å². The molecule has 2 aromatic rings. The van der Waals surface area contributed by atoms with E-state index in [4.69, 9.17) is 23.2 Å². The summed E-state index contributed by atoms with van der Waals surface area (Å²) < 4.78 is 12.7. The van der Waals surface area contributed by atoms with Crippen LogP contribution in [0.4, 0.5) is 4.39 Å². The Balaban J connectivity index is 2.19. The molecule has 0 aliphatic heterocycles. The first-order chi connectivity index (χ1) is 8.56. The van der Waals surface area contributed by atoms with Crippen molar-refractivity contribution < 1.29 is 9.18 Å². The molecule has 0 aromatic heterocycles. The number of benzene rings is 2. The molecular weight excluding hydrogens is 274 g/mol. The molecule has 4 heteroatoms. The van der Waals surface area contributed by atoms with Gasteiger partial charge in [-0.15, -0.1) is 0 Å². The summed E-state index contributed by atoms with van der Waals surface area (Å²) in [6.45, 7) is 0. The minimum absolute atomic E-state index is 0.122. The normalized spacial score (nSPS) is 10.4. The van der Waals surface area contributed by atoms with Crippen LogP contribution in [-0.2, 0) is 6.42 Å². The van der Waals surface area contributed by atoms with Crippen LogP contribution in [0.5, 0.6) is 0 Å². The lowest BCUT2D eigenvalue weighted by molar-refractivity contribution is 0.0993. The third-order valence-corrected chi connectivity index (χ3v) is 3.06. The average molecular weight is 283 g/mol. The van der Waals surface area contributed by atoms with Crippen molar-refractivity contribution in [1.29, 1.82) is 0 Å². The van der Waals surface area contributed by atoms with Crippen molar-refractivity contribution in [2.75, 3.05) is 0 Å². The fourth-order valence-electron chi connectivity index (χ4n) is 1.60. The second-order valence-corrected chi connectivity index (χ2v) is 4.69. The van der Waals surface area contributed by atoms with Crippen molar-refractivity contribution in [2.45, 2.75) is 6.42 Å². The van der Waals surface area contributed by atoms with Crippen molar-refractivity contribution >= 4 is 29.0 Å². The van der Waals surface area contributed by atoms with Gasteiger partial charge in [0, 0.05) is 17.0 Å². The van der Waals surface area contributed by atoms with Crippen LogP contribution in [0, 0.1) is 5.82 Å². The van der Waals surface area contributed by atoms with Crippen molar-refractivity contribution in [1.82, 2.24) is 0 Å². The Labute approximate surface area is 114 Å². The summed E-state index contributed by atoms with van der Waals surface area (Å²) in [5.74, 6) is -0.445. The predicted octanol–water partition coefficient (Wildman–Crippen LogP) is 4.56. The highest BCUT2D eigenvalue weighted by atomic mass is 35.5. The highest BCUT2D eigenvalue weighted by Gasteiger charge is 2.11. The Morgan fingerprint density at radius 2 is 1.72 bits per heavy atom. The van der Waals surface area contributed by atoms with Crippen molar-refractivity contribution in [3.63, 3.8) is 0 Å². The highest BCUT2D eigenvalue weighted by Crippen LogP contribution is 2.22. The van der Waals surface area contributed by atoms with Crippen LogP contribution in [0.3, 0.4) is 0 Å². The topological polar surface area (TPSA) is 17.1 Å². The van der Waals surface area contributed by atoms with E-state index in [1.54, 1.807) is 24.3 Å². The van der Waals surface area contributed by atoms with Crippen LogP contribution >= 0.6 is 23.2 Å². The average Bonchev–Trinajstić information content (AvgIpc) is 2.32. The number of ketones is 1. The number of hydrogen-bond donors (Lipinski definition) is 0. The molecule has 2 aromatic carbocycles. The molecule has 18 heavy (non-hydrogen) atoms. The number of carbonyl (C=O) groups is 1. The third-order valence-electron chi connectivity index (χ3n) is 2.51. The molecule has 0 fully saturated rings. The number of halogens is 3. The number of Topliss-reactive ketones (excluding diaryl/α,β-unsaturated/α-hetero) is 1. The van der Waals surface area contributed by atoms with Gasteiger partial charge in [-0.05, 0) is 35.9 Å². The van der Waals surface area contributed by atoms with Crippen LogP contribution in [-0.4, -0.2) is 5.78 Å². The molecule has 92 valence electrons. The first-order valence-corrected chi connectivity index (χ1v) is 6.04. The SMILES string of the molecule is O=C(Cc1ccc(F)cc1)c1ccc(Cl)cc1Cl. The van der Waals surface area contributed by atoms with E-state index in [0.717, 1.165) is 5.56 Å². The van der Waals surface area contributed by atoms with Gasteiger partial charge in [0.1, 0.15) is 5.82 Å². The second-order valence-electron chi connectivity index (χ2n) is 3.85. The minimum Gasteiger partial charge on any atom is -0.294 e. The van der Waals surface area contributed by atoms with Gasteiger partial charge < -0.3 is 0 Å². The van der Waals surface area contributed by atoms with E-state index in [9.17, 15) is 9.18 Å². The Morgan fingerprint density at radius 3 is 2.33 bits per heavy atom. The molecule has 0 unspecified atom stereocenters. The maximum absolute atomic E-state index is 12.7. The lowest BCUT2D eigenvalue weighted by Crippen LogP contribution is -2.04. The van der Waals surface area contributed by atoms with Gasteiger partial charge in [0.2, 0.25) is 0 Å². The van der Waals surface area contributed by atoms with Crippen LogP contribution in [0.15, 0.2) is 42.5 Å². The highest BCUT2D eigenvalue weighted by molar-refractivity contribution is 6.36. The molecule has 1 nitrogen and oxygen atoms in total. The molecule has 2 rings (SSSR count). The number of rotatable bonds is 3. The van der Waals surface area contributed by atoms with E-state index in [-0.39, 0.29) is 18.0 Å². The number of carbonyl (C=O) groups excluding carboxylic acids is 1. The lowest BCUT2D eigenvalue weighted by Gasteiger charge is -2.04. The van der Waals surface area contributed by atoms with E-state index in [0.29, 0.717) is 15.6 Å². The third kappa shape index (κ3) is 3.09. The summed E-state index contributed by atoms with van der Waals surface area (Å²) >= 11 is 11.7. The maximum Gasteiger partial charge on any atom is 0.168 e. The minimum atomic E-state index is -0.323. The van der Waals surface area contributed by atoms with Crippen molar-refractivity contribution in [3.8, 4) is 0 Å². The molecule has 0 spiro atoms. The van der Waals surface area contributed by atoms with E-state index >= 15 is 0 Å². The quantitative estimate of drug-likeness (QED) is 0.755. The summed E-state index contributed by atoms with van der Waals surface area (Å²) in [7, 11) is 0. The molecule has 0 amide bonds. The fourth-order valence-corrected chi connectivity index (χ4v) is 2.11. The smallest absolute Gasteiger partial charge is 0.168 e. The van der Waals surface area contributed by atoms with Crippen molar-refractivity contribution in [3.05, 3.63) is 69.5 Å². The van der Waals surface area contributed by atoms with E-state index in [1.165, 1.54) is 18.2 Å². The standard InChI is InChI=1S/C14H9Cl2FO/c15-10-3-6-12(13(16)8-10)14(18)7-9-1-4-11(17)5-2-9/h1-6,8H,7H2. The van der Waals surface area contributed by atoms with Gasteiger partial charge in [-0.1, -0.05) is 35.3 Å². The zero-order chi connectivity index (χ0) is 13.1. The molecule has 0 aliphatic carbocycles. The number of hydrogen-bond acceptors (Lipinski definition) is 1. The maximum atomic E-state index is 12.7. The zero-order valence-electron chi connectivity index (χ0n) is 9.29. The molecule has 0 bridgehead atoms. The summed E-state index contributed by atoms with van der Waals surface area (Å²) in [5, 5.41) is 0.813. The van der Waals surface area contributed by atoms with Crippen LogP contribution in [0.25, 0.3) is 0 Å². The Morgan fingerprint density at radius 1 is 1.06 bits per heavy atom. The van der Waals surface area contributed by atoms with E-state index in [2.05, 4.69) is 0 Å². The first kappa shape index (κ1) is 13.1. The monoisotopic (exact) mass is 282 g/mol. The summed E-state index contributed by atoms with van der Waals surface area (Å²) in [6.07, 6.45) is 0.182. The van der Waals surface area contributed by atoms with Crippen LogP contribution in [0.2, 0.25) is 10.0 Å².